The maximum atomic E-state index is 5.93. The van der Waals surface area contributed by atoms with Gasteiger partial charge >= 0.3 is 0 Å². The second-order valence-electron chi connectivity index (χ2n) is 7.50. The molecule has 1 aliphatic carbocycles. The summed E-state index contributed by atoms with van der Waals surface area (Å²) >= 11 is 0. The quantitative estimate of drug-likeness (QED) is 0.357. The van der Waals surface area contributed by atoms with Crippen LogP contribution in [0.5, 0.6) is 0 Å². The van der Waals surface area contributed by atoms with Crippen LogP contribution in [0.2, 0.25) is 0 Å². The predicted octanol–water partition coefficient (Wildman–Crippen LogP) is 6.43. The van der Waals surface area contributed by atoms with E-state index in [0.29, 0.717) is 11.8 Å². The average molecular weight is 389 g/mol. The highest BCUT2D eigenvalue weighted by Crippen LogP contribution is 2.36. The zero-order chi connectivity index (χ0) is 19.9. The molecule has 1 unspecified atom stereocenters. The summed E-state index contributed by atoms with van der Waals surface area (Å²) in [5.41, 5.74) is 4.42. The number of nitrogens with zero attached hydrogens (tertiary/aromatic N) is 3. The number of fused-ring (bicyclic) bond motifs is 3. The van der Waals surface area contributed by atoms with Crippen molar-refractivity contribution < 1.29 is 4.42 Å². The van der Waals surface area contributed by atoms with E-state index in [1.165, 1.54) is 21.8 Å². The molecule has 0 aliphatic heterocycles. The van der Waals surface area contributed by atoms with Gasteiger partial charge in [0.25, 0.3) is 0 Å². The topological polar surface area (TPSA) is 43.9 Å². The zero-order valence-corrected chi connectivity index (χ0v) is 16.3. The van der Waals surface area contributed by atoms with Crippen molar-refractivity contribution in [2.24, 2.45) is 0 Å². The Balaban J connectivity index is 1.35. The Kier molecular flexibility index (Phi) is 3.88. The first-order valence-electron chi connectivity index (χ1n) is 10.1. The molecule has 2 aromatic heterocycles. The number of para-hydroxylation sites is 2. The van der Waals surface area contributed by atoms with E-state index in [-0.39, 0.29) is 6.04 Å². The van der Waals surface area contributed by atoms with E-state index in [9.17, 15) is 0 Å². The Bertz CT molecular complexity index is 1370. The van der Waals surface area contributed by atoms with Crippen LogP contribution < -0.4 is 0 Å². The third-order valence-corrected chi connectivity index (χ3v) is 5.72. The number of hydrogen-bond donors (Lipinski definition) is 0. The minimum Gasteiger partial charge on any atom is -0.416 e. The van der Waals surface area contributed by atoms with E-state index in [4.69, 9.17) is 4.42 Å². The molecule has 30 heavy (non-hydrogen) atoms. The first-order chi connectivity index (χ1) is 14.9. The van der Waals surface area contributed by atoms with Crippen molar-refractivity contribution in [2.45, 2.75) is 12.5 Å². The van der Waals surface area contributed by atoms with E-state index in [2.05, 4.69) is 81.5 Å². The minimum atomic E-state index is 0.245. The fourth-order valence-corrected chi connectivity index (χ4v) is 4.31. The summed E-state index contributed by atoms with van der Waals surface area (Å²) in [6, 6.07) is 27.3. The molecule has 2 heterocycles. The van der Waals surface area contributed by atoms with Gasteiger partial charge in [0.15, 0.2) is 0 Å². The van der Waals surface area contributed by atoms with Crippen molar-refractivity contribution in [3.05, 3.63) is 103 Å². The molecule has 0 saturated heterocycles. The Hall–Kier alpha value is -3.92. The minimum absolute atomic E-state index is 0.245. The number of allylic oxidation sites excluding steroid dienone is 4. The van der Waals surface area contributed by atoms with Crippen LogP contribution in [-0.2, 0) is 0 Å². The molecule has 4 heteroatoms. The van der Waals surface area contributed by atoms with E-state index < -0.39 is 0 Å². The first kappa shape index (κ1) is 17.0. The van der Waals surface area contributed by atoms with Crippen LogP contribution in [0.1, 0.15) is 18.4 Å². The van der Waals surface area contributed by atoms with Crippen molar-refractivity contribution in [1.29, 1.82) is 0 Å². The van der Waals surface area contributed by atoms with E-state index >= 15 is 0 Å². The smallest absolute Gasteiger partial charge is 0.248 e. The Labute approximate surface area is 173 Å². The fourth-order valence-electron chi connectivity index (χ4n) is 4.31. The standard InChI is InChI=1S/C26H19N3O/c1-2-8-18(9-3-1)25-27-28-26(30-25)19-14-16-20(17-15-19)29-23-12-6-4-10-21(23)22-11-5-7-13-24(22)29/h1-16,20H,17H2. The number of benzene rings is 3. The van der Waals surface area contributed by atoms with Gasteiger partial charge in [-0.1, -0.05) is 72.8 Å². The molecular weight excluding hydrogens is 370 g/mol. The molecule has 4 nitrogen and oxygen atoms in total. The molecule has 0 bridgehead atoms. The maximum absolute atomic E-state index is 5.93. The van der Waals surface area contributed by atoms with Crippen LogP contribution in [-0.4, -0.2) is 14.8 Å². The highest BCUT2D eigenvalue weighted by atomic mass is 16.4. The lowest BCUT2D eigenvalue weighted by molar-refractivity contribution is 0.552. The van der Waals surface area contributed by atoms with Gasteiger partial charge < -0.3 is 8.98 Å². The van der Waals surface area contributed by atoms with E-state index in [1.807, 2.05) is 30.3 Å². The van der Waals surface area contributed by atoms with E-state index in [0.717, 1.165) is 17.6 Å². The van der Waals surface area contributed by atoms with Crippen molar-refractivity contribution >= 4 is 27.4 Å². The van der Waals surface area contributed by atoms with Gasteiger partial charge in [0, 0.05) is 32.9 Å². The van der Waals surface area contributed by atoms with Crippen LogP contribution in [0.15, 0.2) is 102 Å². The summed E-state index contributed by atoms with van der Waals surface area (Å²) in [5.74, 6) is 1.11. The molecule has 0 amide bonds. The third-order valence-electron chi connectivity index (χ3n) is 5.72. The molecule has 1 atom stereocenters. The molecule has 6 rings (SSSR count). The fraction of sp³-hybridized carbons (Fsp3) is 0.0769. The largest absolute Gasteiger partial charge is 0.416 e. The van der Waals surface area contributed by atoms with Crippen molar-refractivity contribution in [3.63, 3.8) is 0 Å². The molecule has 0 saturated carbocycles. The second kappa shape index (κ2) is 6.85. The highest BCUT2D eigenvalue weighted by Gasteiger charge is 2.19. The van der Waals surface area contributed by atoms with Gasteiger partial charge in [0.05, 0.1) is 6.04 Å². The average Bonchev–Trinajstić information content (AvgIpc) is 3.43. The number of hydrogen-bond acceptors (Lipinski definition) is 3. The Morgan fingerprint density at radius 1 is 0.733 bits per heavy atom. The van der Waals surface area contributed by atoms with Crippen molar-refractivity contribution in [1.82, 2.24) is 14.8 Å². The van der Waals surface area contributed by atoms with Gasteiger partial charge in [0.2, 0.25) is 11.8 Å². The summed E-state index contributed by atoms with van der Waals surface area (Å²) in [6.45, 7) is 0. The Morgan fingerprint density at radius 2 is 1.37 bits per heavy atom. The van der Waals surface area contributed by atoms with Gasteiger partial charge in [0.1, 0.15) is 0 Å². The zero-order valence-electron chi connectivity index (χ0n) is 16.3. The maximum Gasteiger partial charge on any atom is 0.248 e. The molecule has 0 radical (unpaired) electrons. The lowest BCUT2D eigenvalue weighted by atomic mass is 10.0. The molecule has 144 valence electrons. The van der Waals surface area contributed by atoms with Crippen LogP contribution in [0, 0.1) is 0 Å². The molecule has 0 fully saturated rings. The number of rotatable bonds is 3. The summed E-state index contributed by atoms with van der Waals surface area (Å²) in [4.78, 5) is 0. The molecule has 1 aliphatic rings. The molecule has 0 spiro atoms. The van der Waals surface area contributed by atoms with Crippen LogP contribution in [0.4, 0.5) is 0 Å². The highest BCUT2D eigenvalue weighted by molar-refractivity contribution is 6.08. The van der Waals surface area contributed by atoms with Gasteiger partial charge in [-0.15, -0.1) is 10.2 Å². The summed E-state index contributed by atoms with van der Waals surface area (Å²) in [5, 5.41) is 11.1. The summed E-state index contributed by atoms with van der Waals surface area (Å²) in [7, 11) is 0. The second-order valence-corrected chi connectivity index (χ2v) is 7.50. The monoisotopic (exact) mass is 389 g/mol. The molecular formula is C26H19N3O. The predicted molar refractivity (Wildman–Crippen MR) is 120 cm³/mol. The van der Waals surface area contributed by atoms with Gasteiger partial charge in [-0.05, 0) is 30.7 Å². The summed E-state index contributed by atoms with van der Waals surface area (Å²) < 4.78 is 8.36. The van der Waals surface area contributed by atoms with Gasteiger partial charge in [-0.2, -0.15) is 0 Å². The Morgan fingerprint density at radius 3 is 2.03 bits per heavy atom. The van der Waals surface area contributed by atoms with Gasteiger partial charge in [-0.3, -0.25) is 0 Å². The van der Waals surface area contributed by atoms with Gasteiger partial charge in [-0.25, -0.2) is 0 Å². The summed E-state index contributed by atoms with van der Waals surface area (Å²) in [6.07, 6.45) is 7.40. The normalized spacial score (nSPS) is 16.3. The third kappa shape index (κ3) is 2.69. The number of aromatic nitrogens is 3. The lowest BCUT2D eigenvalue weighted by Gasteiger charge is -2.19. The molecule has 3 aromatic carbocycles. The van der Waals surface area contributed by atoms with Crippen LogP contribution in [0.3, 0.4) is 0 Å². The molecule has 5 aromatic rings. The first-order valence-corrected chi connectivity index (χ1v) is 10.1. The van der Waals surface area contributed by atoms with E-state index in [1.54, 1.807) is 0 Å². The SMILES string of the molecule is C1=CC(n2c3ccccc3c3ccccc32)CC=C1c1nnc(-c2ccccc2)o1. The molecule has 0 N–H and O–H groups in total. The van der Waals surface area contributed by atoms with Crippen LogP contribution >= 0.6 is 0 Å². The van der Waals surface area contributed by atoms with Crippen molar-refractivity contribution in [2.75, 3.05) is 0 Å². The lowest BCUT2D eigenvalue weighted by Crippen LogP contribution is -2.08. The van der Waals surface area contributed by atoms with Crippen LogP contribution in [0.25, 0.3) is 38.8 Å². The van der Waals surface area contributed by atoms with Crippen molar-refractivity contribution in [3.8, 4) is 11.5 Å².